The second-order valence-corrected chi connectivity index (χ2v) is 2.74. The Balaban J connectivity index is 2.47. The summed E-state index contributed by atoms with van der Waals surface area (Å²) in [5, 5.41) is 38.5. The van der Waals surface area contributed by atoms with Gasteiger partial charge in [0.2, 0.25) is 0 Å². The molecule has 4 atom stereocenters. The lowest BCUT2D eigenvalue weighted by molar-refractivity contribution is -0.00977. The molecule has 66 valence electrons. The van der Waals surface area contributed by atoms with E-state index in [1.807, 2.05) is 0 Å². The molecule has 0 saturated carbocycles. The third kappa shape index (κ3) is 1.69. The largest absolute Gasteiger partial charge is 0.394 e. The standard InChI is InChI=1S/C6H13NO4/c8-2-4(10)5-6(11)3(9)1-7-5/h3-11H,1-2H2/t3-,4?,5+,6-/m1/s1. The van der Waals surface area contributed by atoms with E-state index >= 15 is 0 Å². The van der Waals surface area contributed by atoms with Crippen LogP contribution in [0.4, 0.5) is 0 Å². The minimum Gasteiger partial charge on any atom is -0.394 e. The van der Waals surface area contributed by atoms with Gasteiger partial charge in [-0.1, -0.05) is 0 Å². The maximum absolute atomic E-state index is 9.18. The number of nitrogens with one attached hydrogen (secondary N) is 1. The van der Waals surface area contributed by atoms with Crippen LogP contribution >= 0.6 is 0 Å². The van der Waals surface area contributed by atoms with Gasteiger partial charge in [-0.05, 0) is 0 Å². The number of aliphatic hydroxyl groups is 4. The van der Waals surface area contributed by atoms with Crippen LogP contribution in [0, 0.1) is 0 Å². The van der Waals surface area contributed by atoms with Gasteiger partial charge < -0.3 is 25.7 Å². The highest BCUT2D eigenvalue weighted by Crippen LogP contribution is 2.10. The topological polar surface area (TPSA) is 93.0 Å². The van der Waals surface area contributed by atoms with Crippen LogP contribution < -0.4 is 5.32 Å². The Labute approximate surface area is 64.3 Å². The number of rotatable bonds is 2. The van der Waals surface area contributed by atoms with E-state index < -0.39 is 31.0 Å². The van der Waals surface area contributed by atoms with Gasteiger partial charge in [-0.15, -0.1) is 0 Å². The highest BCUT2D eigenvalue weighted by atomic mass is 16.3. The van der Waals surface area contributed by atoms with Crippen molar-refractivity contribution in [2.45, 2.75) is 24.4 Å². The maximum atomic E-state index is 9.18. The molecule has 1 heterocycles. The van der Waals surface area contributed by atoms with Crippen LogP contribution in [0.3, 0.4) is 0 Å². The van der Waals surface area contributed by atoms with Gasteiger partial charge in [0.1, 0.15) is 0 Å². The van der Waals surface area contributed by atoms with E-state index in [9.17, 15) is 5.11 Å². The molecule has 1 fully saturated rings. The van der Waals surface area contributed by atoms with Crippen LogP contribution in [0.15, 0.2) is 0 Å². The molecule has 0 aliphatic carbocycles. The van der Waals surface area contributed by atoms with Gasteiger partial charge in [0.05, 0.1) is 31.0 Å². The van der Waals surface area contributed by atoms with Crippen molar-refractivity contribution < 1.29 is 20.4 Å². The third-order valence-electron chi connectivity index (χ3n) is 1.93. The molecule has 11 heavy (non-hydrogen) atoms. The summed E-state index contributed by atoms with van der Waals surface area (Å²) in [6.45, 7) is -0.162. The molecular formula is C6H13NO4. The summed E-state index contributed by atoms with van der Waals surface area (Å²) in [6, 6.07) is -0.616. The van der Waals surface area contributed by atoms with E-state index in [4.69, 9.17) is 15.3 Å². The van der Waals surface area contributed by atoms with Gasteiger partial charge in [-0.25, -0.2) is 0 Å². The van der Waals surface area contributed by atoms with Crippen LogP contribution in [-0.2, 0) is 0 Å². The Bertz CT molecular complexity index is 132. The minimum absolute atomic E-state index is 0.253. The summed E-state index contributed by atoms with van der Waals surface area (Å²) in [5.41, 5.74) is 0. The molecule has 5 heteroatoms. The summed E-state index contributed by atoms with van der Waals surface area (Å²) < 4.78 is 0. The van der Waals surface area contributed by atoms with E-state index in [0.717, 1.165) is 0 Å². The molecule has 5 N–H and O–H groups in total. The highest BCUT2D eigenvalue weighted by molar-refractivity contribution is 4.94. The fraction of sp³-hybridized carbons (Fsp3) is 1.00. The second-order valence-electron chi connectivity index (χ2n) is 2.74. The summed E-state index contributed by atoms with van der Waals surface area (Å²) in [4.78, 5) is 0. The zero-order valence-corrected chi connectivity index (χ0v) is 6.01. The molecular weight excluding hydrogens is 150 g/mol. The Morgan fingerprint density at radius 1 is 1.45 bits per heavy atom. The zero-order valence-electron chi connectivity index (χ0n) is 6.01. The molecule has 1 aliphatic rings. The number of aliphatic hydroxyl groups excluding tert-OH is 4. The lowest BCUT2D eigenvalue weighted by atomic mass is 10.1. The number of hydrogen-bond acceptors (Lipinski definition) is 5. The average molecular weight is 163 g/mol. The number of hydrogen-bond donors (Lipinski definition) is 5. The van der Waals surface area contributed by atoms with E-state index in [1.165, 1.54) is 0 Å². The molecule has 0 aromatic carbocycles. The average Bonchev–Trinajstić information content (AvgIpc) is 2.32. The summed E-state index contributed by atoms with van der Waals surface area (Å²) in [7, 11) is 0. The van der Waals surface area contributed by atoms with E-state index in [0.29, 0.717) is 0 Å². The monoisotopic (exact) mass is 163 g/mol. The Morgan fingerprint density at radius 3 is 2.45 bits per heavy atom. The van der Waals surface area contributed by atoms with Crippen molar-refractivity contribution in [1.82, 2.24) is 5.32 Å². The molecule has 0 bridgehead atoms. The first-order valence-electron chi connectivity index (χ1n) is 3.55. The van der Waals surface area contributed by atoms with Gasteiger partial charge >= 0.3 is 0 Å². The van der Waals surface area contributed by atoms with Crippen LogP contribution in [0.2, 0.25) is 0 Å². The van der Waals surface area contributed by atoms with Crippen LogP contribution in [0.5, 0.6) is 0 Å². The first-order chi connectivity index (χ1) is 5.16. The Kier molecular flexibility index (Phi) is 2.80. The maximum Gasteiger partial charge on any atom is 0.0990 e. The van der Waals surface area contributed by atoms with Crippen molar-refractivity contribution in [3.8, 4) is 0 Å². The predicted molar refractivity (Wildman–Crippen MR) is 36.9 cm³/mol. The molecule has 1 rings (SSSR count). The van der Waals surface area contributed by atoms with Crippen molar-refractivity contribution in [3.63, 3.8) is 0 Å². The summed E-state index contributed by atoms with van der Waals surface area (Å²) >= 11 is 0. The molecule has 0 spiro atoms. The molecule has 5 nitrogen and oxygen atoms in total. The lowest BCUT2D eigenvalue weighted by Gasteiger charge is -2.19. The van der Waals surface area contributed by atoms with Gasteiger partial charge in [0.15, 0.2) is 0 Å². The van der Waals surface area contributed by atoms with Gasteiger partial charge in [-0.3, -0.25) is 0 Å². The van der Waals surface area contributed by atoms with Gasteiger partial charge in [0.25, 0.3) is 0 Å². The smallest absolute Gasteiger partial charge is 0.0990 e. The second kappa shape index (κ2) is 3.46. The van der Waals surface area contributed by atoms with Crippen LogP contribution in [0.25, 0.3) is 0 Å². The molecule has 1 saturated heterocycles. The predicted octanol–water partition coefficient (Wildman–Crippen LogP) is -2.97. The molecule has 0 aromatic rings. The van der Waals surface area contributed by atoms with Crippen molar-refractivity contribution in [1.29, 1.82) is 0 Å². The fourth-order valence-electron chi connectivity index (χ4n) is 1.21. The summed E-state index contributed by atoms with van der Waals surface area (Å²) in [5.74, 6) is 0. The molecule has 0 aromatic heterocycles. The third-order valence-corrected chi connectivity index (χ3v) is 1.93. The van der Waals surface area contributed by atoms with Crippen LogP contribution in [0.1, 0.15) is 0 Å². The van der Waals surface area contributed by atoms with E-state index in [-0.39, 0.29) is 6.54 Å². The molecule has 1 unspecified atom stereocenters. The van der Waals surface area contributed by atoms with Crippen molar-refractivity contribution in [2.24, 2.45) is 0 Å². The minimum atomic E-state index is -1.01. The van der Waals surface area contributed by atoms with E-state index in [1.54, 1.807) is 0 Å². The van der Waals surface area contributed by atoms with Crippen molar-refractivity contribution >= 4 is 0 Å². The zero-order chi connectivity index (χ0) is 8.43. The molecule has 1 aliphatic heterocycles. The Hall–Kier alpha value is -0.200. The number of β-amino-alcohol motifs (C(OH)–C–C–N with tert-alkyl or cyclic N) is 1. The van der Waals surface area contributed by atoms with Crippen molar-refractivity contribution in [3.05, 3.63) is 0 Å². The lowest BCUT2D eigenvalue weighted by Crippen LogP contribution is -2.44. The Morgan fingerprint density at radius 2 is 2.09 bits per heavy atom. The molecule has 0 amide bonds. The van der Waals surface area contributed by atoms with E-state index in [2.05, 4.69) is 5.32 Å². The quantitative estimate of drug-likeness (QED) is 0.300. The first-order valence-corrected chi connectivity index (χ1v) is 3.55. The molecule has 0 radical (unpaired) electrons. The van der Waals surface area contributed by atoms with Gasteiger partial charge in [0, 0.05) is 6.54 Å². The fourth-order valence-corrected chi connectivity index (χ4v) is 1.21. The normalized spacial score (nSPS) is 40.9. The van der Waals surface area contributed by atoms with Gasteiger partial charge in [-0.2, -0.15) is 0 Å². The summed E-state index contributed by atoms with van der Waals surface area (Å²) in [6.07, 6.45) is -2.85. The first kappa shape index (κ1) is 8.89. The SMILES string of the molecule is OCC(O)[C@@H]1NC[C@@H](O)[C@H]1O. The highest BCUT2D eigenvalue weighted by Gasteiger charge is 2.36. The van der Waals surface area contributed by atoms with Crippen LogP contribution in [-0.4, -0.2) is 57.9 Å². The van der Waals surface area contributed by atoms with Crippen molar-refractivity contribution in [2.75, 3.05) is 13.2 Å².